The van der Waals surface area contributed by atoms with Gasteiger partial charge in [-0.2, -0.15) is 4.57 Å². The van der Waals surface area contributed by atoms with Crippen molar-refractivity contribution in [3.05, 3.63) is 30.7 Å². The van der Waals surface area contributed by atoms with Crippen LogP contribution in [0.1, 0.15) is 6.92 Å². The number of carbonyl (C=O) groups is 1. The van der Waals surface area contributed by atoms with E-state index in [0.717, 1.165) is 15.6 Å². The molecule has 2 aromatic heterocycles. The number of thiazole rings is 1. The van der Waals surface area contributed by atoms with Crippen LogP contribution in [0.2, 0.25) is 0 Å². The van der Waals surface area contributed by atoms with Crippen LogP contribution < -0.4 is 9.30 Å². The van der Waals surface area contributed by atoms with Crippen molar-refractivity contribution in [3.63, 3.8) is 0 Å². The monoisotopic (exact) mass is 279 g/mol. The predicted molar refractivity (Wildman–Crippen MR) is 70.9 cm³/mol. The quantitative estimate of drug-likeness (QED) is 0.617. The van der Waals surface area contributed by atoms with Crippen molar-refractivity contribution in [3.8, 4) is 15.6 Å². The molecule has 0 saturated heterocycles. The lowest BCUT2D eigenvalue weighted by Crippen LogP contribution is -2.37. The van der Waals surface area contributed by atoms with Gasteiger partial charge in [0.05, 0.1) is 19.9 Å². The van der Waals surface area contributed by atoms with Crippen LogP contribution >= 0.6 is 11.3 Å². The Labute approximate surface area is 115 Å². The molecule has 0 saturated carbocycles. The summed E-state index contributed by atoms with van der Waals surface area (Å²) in [5.74, 6) is -0.240. The number of pyridine rings is 1. The van der Waals surface area contributed by atoms with Gasteiger partial charge < -0.3 is 9.47 Å². The molecule has 6 heteroatoms. The zero-order valence-electron chi connectivity index (χ0n) is 10.8. The molecule has 100 valence electrons. The third kappa shape index (κ3) is 3.51. The number of carbonyl (C=O) groups excluding carboxylic acids is 1. The molecule has 5 nitrogen and oxygen atoms in total. The summed E-state index contributed by atoms with van der Waals surface area (Å²) >= 11 is 1.48. The molecule has 0 unspecified atom stereocenters. The maximum atomic E-state index is 11.3. The Balaban J connectivity index is 2.07. The molecule has 0 fully saturated rings. The molecular formula is C13H15N2O3S+. The molecular weight excluding hydrogens is 264 g/mol. The first-order valence-corrected chi connectivity index (χ1v) is 6.69. The fourth-order valence-electron chi connectivity index (χ4n) is 1.55. The molecule has 0 aromatic carbocycles. The summed E-state index contributed by atoms with van der Waals surface area (Å²) in [5, 5.41) is 1.67. The average Bonchev–Trinajstić information content (AvgIpc) is 2.88. The van der Waals surface area contributed by atoms with Crippen LogP contribution in [0.4, 0.5) is 0 Å². The summed E-state index contributed by atoms with van der Waals surface area (Å²) in [6, 6.07) is 3.83. The minimum Gasteiger partial charge on any atom is -0.486 e. The van der Waals surface area contributed by atoms with Gasteiger partial charge in [-0.1, -0.05) is 11.3 Å². The van der Waals surface area contributed by atoms with E-state index in [4.69, 9.17) is 9.47 Å². The summed E-state index contributed by atoms with van der Waals surface area (Å²) in [6.45, 7) is 2.41. The van der Waals surface area contributed by atoms with Gasteiger partial charge in [-0.15, -0.1) is 0 Å². The Morgan fingerprint density at radius 3 is 2.74 bits per heavy atom. The summed E-state index contributed by atoms with van der Waals surface area (Å²) in [6.07, 6.45) is 5.36. The third-order valence-electron chi connectivity index (χ3n) is 2.44. The van der Waals surface area contributed by atoms with Gasteiger partial charge in [0.15, 0.2) is 17.5 Å². The average molecular weight is 279 g/mol. The molecule has 19 heavy (non-hydrogen) atoms. The highest BCUT2D eigenvalue weighted by Crippen LogP contribution is 2.28. The molecule has 0 aliphatic rings. The smallest absolute Gasteiger partial charge is 0.372 e. The van der Waals surface area contributed by atoms with Gasteiger partial charge in [0.1, 0.15) is 5.01 Å². The first kappa shape index (κ1) is 13.5. The van der Waals surface area contributed by atoms with Crippen molar-refractivity contribution >= 4 is 17.3 Å². The summed E-state index contributed by atoms with van der Waals surface area (Å²) in [4.78, 5) is 15.6. The van der Waals surface area contributed by atoms with E-state index in [1.807, 2.05) is 24.5 Å². The minimum atomic E-state index is -0.240. The molecule has 0 aliphatic heterocycles. The van der Waals surface area contributed by atoms with E-state index in [2.05, 4.69) is 4.98 Å². The van der Waals surface area contributed by atoms with Crippen LogP contribution in [0.25, 0.3) is 10.6 Å². The van der Waals surface area contributed by atoms with E-state index in [0.29, 0.717) is 6.61 Å². The number of rotatable bonds is 5. The first-order valence-electron chi connectivity index (χ1n) is 5.88. The van der Waals surface area contributed by atoms with Gasteiger partial charge in [-0.3, -0.25) is 0 Å². The standard InChI is InChI=1S/C13H15N2O3S/c1-3-18-11(16)9-15-6-4-10(5-7-15)13-14-8-12(17-2)19-13/h4-8H,3,9H2,1-2H3/q+1. The van der Waals surface area contributed by atoms with Crippen LogP contribution in [-0.2, 0) is 16.1 Å². The van der Waals surface area contributed by atoms with Gasteiger partial charge in [-0.05, 0) is 6.92 Å². The van der Waals surface area contributed by atoms with Crippen molar-refractivity contribution < 1.29 is 18.8 Å². The maximum absolute atomic E-state index is 11.3. The molecule has 0 amide bonds. The molecule has 0 radical (unpaired) electrons. The maximum Gasteiger partial charge on any atom is 0.372 e. The number of aromatic nitrogens is 2. The first-order chi connectivity index (χ1) is 9.22. The zero-order chi connectivity index (χ0) is 13.7. The van der Waals surface area contributed by atoms with E-state index in [-0.39, 0.29) is 12.5 Å². The number of hydrogen-bond donors (Lipinski definition) is 0. The van der Waals surface area contributed by atoms with Gasteiger partial charge in [0.2, 0.25) is 6.54 Å². The van der Waals surface area contributed by atoms with E-state index in [9.17, 15) is 4.79 Å². The molecule has 2 aromatic rings. The van der Waals surface area contributed by atoms with Crippen molar-refractivity contribution in [2.45, 2.75) is 13.5 Å². The highest BCUT2D eigenvalue weighted by atomic mass is 32.1. The van der Waals surface area contributed by atoms with Gasteiger partial charge in [0.25, 0.3) is 0 Å². The van der Waals surface area contributed by atoms with Crippen molar-refractivity contribution in [1.29, 1.82) is 0 Å². The Morgan fingerprint density at radius 2 is 2.16 bits per heavy atom. The third-order valence-corrected chi connectivity index (χ3v) is 3.45. The second-order valence-electron chi connectivity index (χ2n) is 3.75. The Kier molecular flexibility index (Phi) is 4.46. The largest absolute Gasteiger partial charge is 0.486 e. The van der Waals surface area contributed by atoms with Crippen molar-refractivity contribution in [1.82, 2.24) is 4.98 Å². The van der Waals surface area contributed by atoms with Crippen LogP contribution in [0.3, 0.4) is 0 Å². The van der Waals surface area contributed by atoms with Crippen LogP contribution in [-0.4, -0.2) is 24.7 Å². The summed E-state index contributed by atoms with van der Waals surface area (Å²) in [7, 11) is 1.62. The van der Waals surface area contributed by atoms with Crippen molar-refractivity contribution in [2.24, 2.45) is 0 Å². The Morgan fingerprint density at radius 1 is 1.42 bits per heavy atom. The molecule has 0 spiro atoms. The minimum absolute atomic E-state index is 0.218. The van der Waals surface area contributed by atoms with Crippen LogP contribution in [0.5, 0.6) is 5.06 Å². The van der Waals surface area contributed by atoms with E-state index in [1.165, 1.54) is 11.3 Å². The summed E-state index contributed by atoms with van der Waals surface area (Å²) < 4.78 is 11.8. The molecule has 2 heterocycles. The van der Waals surface area contributed by atoms with Gasteiger partial charge in [-0.25, -0.2) is 9.78 Å². The normalized spacial score (nSPS) is 10.2. The topological polar surface area (TPSA) is 52.3 Å². The van der Waals surface area contributed by atoms with Crippen LogP contribution in [0.15, 0.2) is 30.7 Å². The second-order valence-corrected chi connectivity index (χ2v) is 4.75. The van der Waals surface area contributed by atoms with E-state index < -0.39 is 0 Å². The zero-order valence-corrected chi connectivity index (χ0v) is 11.6. The Hall–Kier alpha value is -1.95. The lowest BCUT2D eigenvalue weighted by Gasteiger charge is -1.99. The van der Waals surface area contributed by atoms with Crippen molar-refractivity contribution in [2.75, 3.05) is 13.7 Å². The van der Waals surface area contributed by atoms with Crippen LogP contribution in [0, 0.1) is 0 Å². The van der Waals surface area contributed by atoms with Gasteiger partial charge >= 0.3 is 5.97 Å². The van der Waals surface area contributed by atoms with E-state index >= 15 is 0 Å². The lowest BCUT2D eigenvalue weighted by molar-refractivity contribution is -0.685. The molecule has 0 aliphatic carbocycles. The highest BCUT2D eigenvalue weighted by Gasteiger charge is 2.11. The number of hydrogen-bond acceptors (Lipinski definition) is 5. The number of esters is 1. The molecule has 2 rings (SSSR count). The molecule has 0 atom stereocenters. The lowest BCUT2D eigenvalue weighted by atomic mass is 10.3. The SMILES string of the molecule is CCOC(=O)C[n+]1ccc(-c2ncc(OC)s2)cc1. The number of methoxy groups -OCH3 is 1. The fraction of sp³-hybridized carbons (Fsp3) is 0.308. The highest BCUT2D eigenvalue weighted by molar-refractivity contribution is 7.16. The molecule has 0 bridgehead atoms. The van der Waals surface area contributed by atoms with E-state index in [1.54, 1.807) is 24.8 Å². The second kappa shape index (κ2) is 6.29. The number of nitrogens with zero attached hydrogens (tertiary/aromatic N) is 2. The summed E-state index contributed by atoms with van der Waals surface area (Å²) in [5.41, 5.74) is 0.994. The Bertz CT molecular complexity index is 551. The predicted octanol–water partition coefficient (Wildman–Crippen LogP) is 1.67. The number of ether oxygens (including phenoxy) is 2. The fourth-order valence-corrected chi connectivity index (χ4v) is 2.29. The molecule has 0 N–H and O–H groups in total. The van der Waals surface area contributed by atoms with Gasteiger partial charge in [0, 0.05) is 17.7 Å².